The lowest BCUT2D eigenvalue weighted by molar-refractivity contribution is 0.102. The van der Waals surface area contributed by atoms with Crippen LogP contribution in [-0.4, -0.2) is 31.1 Å². The van der Waals surface area contributed by atoms with E-state index in [1.165, 1.54) is 35.6 Å². The Hall–Kier alpha value is -2.91. The number of fused-ring (bicyclic) bond motifs is 1. The van der Waals surface area contributed by atoms with Crippen molar-refractivity contribution in [2.45, 2.75) is 9.37 Å². The number of nitrogens with one attached hydrogen (secondary N) is 1. The van der Waals surface area contributed by atoms with E-state index in [0.717, 1.165) is 15.9 Å². The average Bonchev–Trinajstić information content (AvgIpc) is 3.09. The number of amides is 1. The van der Waals surface area contributed by atoms with Gasteiger partial charge in [0.1, 0.15) is 11.4 Å². The molecule has 0 radical (unpaired) electrons. The Morgan fingerprint density at radius 3 is 2.88 bits per heavy atom. The fourth-order valence-electron chi connectivity index (χ4n) is 2.11. The molecule has 9 heteroatoms. The molecular formula is C16H10N6OS2. The second-order valence-corrected chi connectivity index (χ2v) is 7.08. The quantitative estimate of drug-likeness (QED) is 0.437. The molecule has 7 nitrogen and oxygen atoms in total. The molecule has 3 aromatic heterocycles. The maximum Gasteiger partial charge on any atom is 0.259 e. The van der Waals surface area contributed by atoms with Gasteiger partial charge in [-0.05, 0) is 30.0 Å². The molecule has 1 aromatic carbocycles. The standard InChI is InChI=1S/C16H10N6OS2/c23-13(10-4-3-7-17-8-10)20-15-21-22-16(25-15)24-14-11-5-1-2-6-12(11)18-9-19-14/h1-9H,(H,20,21,23). The van der Waals surface area contributed by atoms with E-state index >= 15 is 0 Å². The van der Waals surface area contributed by atoms with E-state index in [4.69, 9.17) is 0 Å². The Morgan fingerprint density at radius 2 is 2.00 bits per heavy atom. The van der Waals surface area contributed by atoms with Crippen LogP contribution in [0.5, 0.6) is 0 Å². The van der Waals surface area contributed by atoms with Crippen molar-refractivity contribution in [3.05, 3.63) is 60.7 Å². The highest BCUT2D eigenvalue weighted by Crippen LogP contribution is 2.34. The van der Waals surface area contributed by atoms with Crippen LogP contribution in [0.4, 0.5) is 5.13 Å². The predicted molar refractivity (Wildman–Crippen MR) is 95.8 cm³/mol. The lowest BCUT2D eigenvalue weighted by atomic mass is 10.2. The van der Waals surface area contributed by atoms with Gasteiger partial charge in [-0.25, -0.2) is 9.97 Å². The van der Waals surface area contributed by atoms with Gasteiger partial charge in [-0.3, -0.25) is 15.1 Å². The summed E-state index contributed by atoms with van der Waals surface area (Å²) in [5, 5.41) is 13.0. The molecule has 0 aliphatic heterocycles. The fourth-order valence-corrected chi connectivity index (χ4v) is 3.85. The van der Waals surface area contributed by atoms with Gasteiger partial charge in [-0.2, -0.15) is 0 Å². The molecule has 4 aromatic rings. The minimum Gasteiger partial charge on any atom is -0.296 e. The van der Waals surface area contributed by atoms with Crippen molar-refractivity contribution in [1.82, 2.24) is 25.1 Å². The highest BCUT2D eigenvalue weighted by atomic mass is 32.2. The lowest BCUT2D eigenvalue weighted by Crippen LogP contribution is -2.11. The summed E-state index contributed by atoms with van der Waals surface area (Å²) < 4.78 is 0.685. The SMILES string of the molecule is O=C(Nc1nnc(Sc2ncnc3ccccc23)s1)c1cccnc1. The molecule has 0 spiro atoms. The van der Waals surface area contributed by atoms with Crippen LogP contribution in [0.25, 0.3) is 10.9 Å². The van der Waals surface area contributed by atoms with Crippen molar-refractivity contribution in [3.63, 3.8) is 0 Å². The summed E-state index contributed by atoms with van der Waals surface area (Å²) in [4.78, 5) is 24.6. The van der Waals surface area contributed by atoms with Crippen LogP contribution in [0.15, 0.2) is 64.5 Å². The van der Waals surface area contributed by atoms with Gasteiger partial charge >= 0.3 is 0 Å². The molecule has 1 amide bonds. The second kappa shape index (κ2) is 6.91. The van der Waals surface area contributed by atoms with Gasteiger partial charge in [0.15, 0.2) is 4.34 Å². The van der Waals surface area contributed by atoms with Gasteiger partial charge in [-0.15, -0.1) is 10.2 Å². The number of pyridine rings is 1. The van der Waals surface area contributed by atoms with Gasteiger partial charge in [-0.1, -0.05) is 29.5 Å². The maximum atomic E-state index is 12.1. The first kappa shape index (κ1) is 15.6. The number of hydrogen-bond acceptors (Lipinski definition) is 8. The number of para-hydroxylation sites is 1. The molecule has 3 heterocycles. The summed E-state index contributed by atoms with van der Waals surface area (Å²) in [5.41, 5.74) is 1.34. The van der Waals surface area contributed by atoms with Crippen LogP contribution in [0.2, 0.25) is 0 Å². The summed E-state index contributed by atoms with van der Waals surface area (Å²) in [7, 11) is 0. The molecule has 25 heavy (non-hydrogen) atoms. The number of carbonyl (C=O) groups excluding carboxylic acids is 1. The predicted octanol–water partition coefficient (Wildman–Crippen LogP) is 3.28. The minimum atomic E-state index is -0.270. The van der Waals surface area contributed by atoms with Crippen molar-refractivity contribution in [2.24, 2.45) is 0 Å². The number of aromatic nitrogens is 5. The normalized spacial score (nSPS) is 10.7. The highest BCUT2D eigenvalue weighted by Gasteiger charge is 2.13. The smallest absolute Gasteiger partial charge is 0.259 e. The van der Waals surface area contributed by atoms with Crippen LogP contribution < -0.4 is 5.32 Å². The van der Waals surface area contributed by atoms with E-state index in [9.17, 15) is 4.79 Å². The van der Waals surface area contributed by atoms with Crippen molar-refractivity contribution < 1.29 is 4.79 Å². The second-order valence-electron chi connectivity index (χ2n) is 4.87. The summed E-state index contributed by atoms with van der Waals surface area (Å²) in [6, 6.07) is 11.2. The fraction of sp³-hybridized carbons (Fsp3) is 0. The van der Waals surface area contributed by atoms with Crippen LogP contribution in [0.3, 0.4) is 0 Å². The first-order valence-corrected chi connectivity index (χ1v) is 8.85. The van der Waals surface area contributed by atoms with Gasteiger partial charge in [0.05, 0.1) is 11.1 Å². The molecule has 0 aliphatic rings. The van der Waals surface area contributed by atoms with Crippen molar-refractivity contribution in [2.75, 3.05) is 5.32 Å². The van der Waals surface area contributed by atoms with Crippen molar-refractivity contribution in [3.8, 4) is 0 Å². The van der Waals surface area contributed by atoms with E-state index in [1.54, 1.807) is 18.3 Å². The molecule has 0 aliphatic carbocycles. The van der Waals surface area contributed by atoms with E-state index in [2.05, 4.69) is 30.5 Å². The third kappa shape index (κ3) is 3.47. The van der Waals surface area contributed by atoms with Crippen molar-refractivity contribution >= 4 is 45.0 Å². The summed E-state index contributed by atoms with van der Waals surface area (Å²) in [6.07, 6.45) is 4.64. The molecule has 0 unspecified atom stereocenters. The number of anilines is 1. The number of hydrogen-bond donors (Lipinski definition) is 1. The Kier molecular flexibility index (Phi) is 4.32. The number of nitrogens with zero attached hydrogens (tertiary/aromatic N) is 5. The van der Waals surface area contributed by atoms with Gasteiger partial charge in [0.2, 0.25) is 5.13 Å². The van der Waals surface area contributed by atoms with Gasteiger partial charge in [0, 0.05) is 17.8 Å². The zero-order valence-electron chi connectivity index (χ0n) is 12.7. The molecule has 0 atom stereocenters. The third-order valence-electron chi connectivity index (χ3n) is 3.24. The lowest BCUT2D eigenvalue weighted by Gasteiger charge is -2.01. The zero-order chi connectivity index (χ0) is 17.1. The number of carbonyl (C=O) groups is 1. The van der Waals surface area contributed by atoms with Gasteiger partial charge in [0.25, 0.3) is 5.91 Å². The monoisotopic (exact) mass is 366 g/mol. The van der Waals surface area contributed by atoms with Crippen LogP contribution >= 0.6 is 23.1 Å². The highest BCUT2D eigenvalue weighted by molar-refractivity contribution is 8.01. The van der Waals surface area contributed by atoms with Crippen LogP contribution in [0, 0.1) is 0 Å². The third-order valence-corrected chi connectivity index (χ3v) is 5.15. The van der Waals surface area contributed by atoms with Crippen LogP contribution in [0.1, 0.15) is 10.4 Å². The topological polar surface area (TPSA) is 93.6 Å². The first-order valence-electron chi connectivity index (χ1n) is 7.22. The number of benzene rings is 1. The summed E-state index contributed by atoms with van der Waals surface area (Å²) in [5.74, 6) is -0.270. The minimum absolute atomic E-state index is 0.270. The molecule has 0 bridgehead atoms. The molecule has 0 saturated carbocycles. The molecule has 122 valence electrons. The van der Waals surface area contributed by atoms with E-state index in [0.29, 0.717) is 15.0 Å². The van der Waals surface area contributed by atoms with E-state index < -0.39 is 0 Å². The molecule has 1 N–H and O–H groups in total. The summed E-state index contributed by atoms with van der Waals surface area (Å²) in [6.45, 7) is 0. The number of rotatable bonds is 4. The van der Waals surface area contributed by atoms with E-state index in [-0.39, 0.29) is 5.91 Å². The zero-order valence-corrected chi connectivity index (χ0v) is 14.3. The molecule has 0 saturated heterocycles. The Morgan fingerprint density at radius 1 is 1.08 bits per heavy atom. The largest absolute Gasteiger partial charge is 0.296 e. The van der Waals surface area contributed by atoms with Gasteiger partial charge < -0.3 is 0 Å². The van der Waals surface area contributed by atoms with Crippen molar-refractivity contribution in [1.29, 1.82) is 0 Å². The average molecular weight is 366 g/mol. The Balaban J connectivity index is 1.52. The molecular weight excluding hydrogens is 356 g/mol. The van der Waals surface area contributed by atoms with E-state index in [1.807, 2.05) is 24.3 Å². The first-order chi connectivity index (χ1) is 12.3. The van der Waals surface area contributed by atoms with Crippen LogP contribution in [-0.2, 0) is 0 Å². The molecule has 4 rings (SSSR count). The maximum absolute atomic E-state index is 12.1. The Labute approximate surface area is 150 Å². The molecule has 0 fully saturated rings. The summed E-state index contributed by atoms with van der Waals surface area (Å²) >= 11 is 2.68. The Bertz CT molecular complexity index is 1030.